The van der Waals surface area contributed by atoms with Crippen molar-refractivity contribution in [3.8, 4) is 0 Å². The Kier molecular flexibility index (Phi) is 2.86. The van der Waals surface area contributed by atoms with Crippen LogP contribution in [0.4, 0.5) is 5.69 Å². The van der Waals surface area contributed by atoms with Crippen molar-refractivity contribution < 1.29 is 4.79 Å². The van der Waals surface area contributed by atoms with Gasteiger partial charge in [0.05, 0.1) is 11.8 Å². The van der Waals surface area contributed by atoms with E-state index in [1.165, 1.54) is 6.20 Å². The molecule has 5 heteroatoms. The highest BCUT2D eigenvalue weighted by Gasteiger charge is 2.05. The third-order valence-electron chi connectivity index (χ3n) is 2.19. The number of nitrogens with zero attached hydrogens (tertiary/aromatic N) is 1. The van der Waals surface area contributed by atoms with Crippen LogP contribution in [-0.2, 0) is 6.54 Å². The van der Waals surface area contributed by atoms with E-state index in [0.29, 0.717) is 17.8 Å². The minimum Gasteiger partial charge on any atom is -0.399 e. The van der Waals surface area contributed by atoms with Crippen molar-refractivity contribution in [2.24, 2.45) is 0 Å². The maximum Gasteiger partial charge on any atom is 0.254 e. The molecule has 0 aliphatic heterocycles. The van der Waals surface area contributed by atoms with Crippen molar-refractivity contribution in [3.05, 3.63) is 47.8 Å². The van der Waals surface area contributed by atoms with Crippen LogP contribution in [0.3, 0.4) is 0 Å². The number of rotatable bonds is 3. The summed E-state index contributed by atoms with van der Waals surface area (Å²) in [6.45, 7) is 0.476. The van der Waals surface area contributed by atoms with Crippen molar-refractivity contribution in [3.63, 3.8) is 0 Å². The Bertz CT molecular complexity index is 461. The van der Waals surface area contributed by atoms with Crippen LogP contribution in [-0.4, -0.2) is 16.1 Å². The summed E-state index contributed by atoms with van der Waals surface area (Å²) in [5.41, 5.74) is 7.80. The molecule has 0 saturated heterocycles. The minimum absolute atomic E-state index is 0.148. The van der Waals surface area contributed by atoms with Gasteiger partial charge in [0.25, 0.3) is 5.91 Å². The molecule has 1 aromatic heterocycles. The molecule has 0 atom stereocenters. The van der Waals surface area contributed by atoms with Gasteiger partial charge in [0, 0.05) is 18.4 Å². The zero-order valence-corrected chi connectivity index (χ0v) is 8.60. The molecule has 16 heavy (non-hydrogen) atoms. The molecule has 1 aromatic carbocycles. The minimum atomic E-state index is -0.148. The molecule has 0 spiro atoms. The molecule has 2 rings (SSSR count). The molecular formula is C11H12N4O. The summed E-state index contributed by atoms with van der Waals surface area (Å²) in [6, 6.07) is 7.37. The first-order chi connectivity index (χ1) is 7.75. The lowest BCUT2D eigenvalue weighted by molar-refractivity contribution is 0.0951. The van der Waals surface area contributed by atoms with Gasteiger partial charge in [0.2, 0.25) is 0 Å². The first kappa shape index (κ1) is 10.2. The van der Waals surface area contributed by atoms with E-state index in [1.54, 1.807) is 18.3 Å². The Hall–Kier alpha value is -2.30. The number of amides is 1. The molecule has 4 N–H and O–H groups in total. The number of nitrogens with one attached hydrogen (secondary N) is 2. The summed E-state index contributed by atoms with van der Waals surface area (Å²) < 4.78 is 0. The number of carbonyl (C=O) groups is 1. The van der Waals surface area contributed by atoms with Crippen molar-refractivity contribution >= 4 is 11.6 Å². The fourth-order valence-electron chi connectivity index (χ4n) is 1.29. The van der Waals surface area contributed by atoms with Gasteiger partial charge in [0.1, 0.15) is 0 Å². The van der Waals surface area contributed by atoms with E-state index < -0.39 is 0 Å². The lowest BCUT2D eigenvalue weighted by Gasteiger charge is -2.03. The Balaban J connectivity index is 1.93. The van der Waals surface area contributed by atoms with E-state index >= 15 is 0 Å². The van der Waals surface area contributed by atoms with Crippen LogP contribution in [0.5, 0.6) is 0 Å². The first-order valence-electron chi connectivity index (χ1n) is 4.87. The highest BCUT2D eigenvalue weighted by Crippen LogP contribution is 2.05. The highest BCUT2D eigenvalue weighted by atomic mass is 16.1. The Labute approximate surface area is 92.7 Å². The second-order valence-corrected chi connectivity index (χ2v) is 3.41. The molecule has 5 nitrogen and oxygen atoms in total. The van der Waals surface area contributed by atoms with Gasteiger partial charge in [-0.1, -0.05) is 12.1 Å². The number of hydrogen-bond acceptors (Lipinski definition) is 3. The summed E-state index contributed by atoms with van der Waals surface area (Å²) in [7, 11) is 0. The Morgan fingerprint density at radius 2 is 2.12 bits per heavy atom. The van der Waals surface area contributed by atoms with Crippen LogP contribution >= 0.6 is 0 Å². The van der Waals surface area contributed by atoms with Gasteiger partial charge >= 0.3 is 0 Å². The quantitative estimate of drug-likeness (QED) is 0.667. The van der Waals surface area contributed by atoms with Crippen LogP contribution in [0.25, 0.3) is 0 Å². The third-order valence-corrected chi connectivity index (χ3v) is 2.19. The second kappa shape index (κ2) is 4.48. The van der Waals surface area contributed by atoms with Crippen LogP contribution in [0, 0.1) is 0 Å². The number of carbonyl (C=O) groups excluding carboxylic acids is 1. The summed E-state index contributed by atoms with van der Waals surface area (Å²) in [5, 5.41) is 9.08. The fraction of sp³-hybridized carbons (Fsp3) is 0.0909. The van der Waals surface area contributed by atoms with Crippen LogP contribution < -0.4 is 11.1 Å². The van der Waals surface area contributed by atoms with Crippen molar-refractivity contribution in [1.82, 2.24) is 15.5 Å². The number of aromatic amines is 1. The van der Waals surface area contributed by atoms with E-state index in [-0.39, 0.29) is 5.91 Å². The average molecular weight is 216 g/mol. The summed E-state index contributed by atoms with van der Waals surface area (Å²) in [5.74, 6) is -0.148. The molecule has 0 aliphatic carbocycles. The lowest BCUT2D eigenvalue weighted by Crippen LogP contribution is -2.22. The number of aromatic nitrogens is 2. The zero-order valence-electron chi connectivity index (χ0n) is 8.60. The normalized spacial score (nSPS) is 10.0. The molecule has 0 saturated carbocycles. The van der Waals surface area contributed by atoms with Crippen molar-refractivity contribution in [2.75, 3.05) is 5.73 Å². The summed E-state index contributed by atoms with van der Waals surface area (Å²) >= 11 is 0. The molecule has 0 radical (unpaired) electrons. The van der Waals surface area contributed by atoms with E-state index in [1.807, 2.05) is 12.1 Å². The lowest BCUT2D eigenvalue weighted by atomic mass is 10.2. The van der Waals surface area contributed by atoms with Gasteiger partial charge in [-0.2, -0.15) is 5.10 Å². The summed E-state index contributed by atoms with van der Waals surface area (Å²) in [4.78, 5) is 11.6. The monoisotopic (exact) mass is 216 g/mol. The van der Waals surface area contributed by atoms with E-state index in [4.69, 9.17) is 5.73 Å². The number of nitrogen functional groups attached to an aromatic ring is 1. The van der Waals surface area contributed by atoms with Crippen molar-refractivity contribution in [1.29, 1.82) is 0 Å². The number of hydrogen-bond donors (Lipinski definition) is 3. The summed E-state index contributed by atoms with van der Waals surface area (Å²) in [6.07, 6.45) is 3.04. The molecule has 1 heterocycles. The van der Waals surface area contributed by atoms with Gasteiger partial charge in [-0.25, -0.2) is 0 Å². The van der Waals surface area contributed by atoms with Gasteiger partial charge in [-0.15, -0.1) is 0 Å². The topological polar surface area (TPSA) is 83.8 Å². The molecule has 0 aliphatic rings. The molecule has 0 unspecified atom stereocenters. The van der Waals surface area contributed by atoms with Crippen molar-refractivity contribution in [2.45, 2.75) is 6.54 Å². The Morgan fingerprint density at radius 1 is 1.38 bits per heavy atom. The van der Waals surface area contributed by atoms with E-state index in [0.717, 1.165) is 5.56 Å². The predicted molar refractivity (Wildman–Crippen MR) is 60.6 cm³/mol. The average Bonchev–Trinajstić information content (AvgIpc) is 2.81. The number of benzene rings is 1. The van der Waals surface area contributed by atoms with Crippen LogP contribution in [0.1, 0.15) is 15.9 Å². The van der Waals surface area contributed by atoms with Gasteiger partial charge < -0.3 is 11.1 Å². The van der Waals surface area contributed by atoms with Gasteiger partial charge in [-0.3, -0.25) is 9.89 Å². The molecule has 2 aromatic rings. The third kappa shape index (κ3) is 2.38. The maximum atomic E-state index is 11.6. The van der Waals surface area contributed by atoms with Crippen LogP contribution in [0.2, 0.25) is 0 Å². The zero-order chi connectivity index (χ0) is 11.4. The second-order valence-electron chi connectivity index (χ2n) is 3.41. The smallest absolute Gasteiger partial charge is 0.254 e. The fourth-order valence-corrected chi connectivity index (χ4v) is 1.29. The number of anilines is 1. The number of H-pyrrole nitrogens is 1. The van der Waals surface area contributed by atoms with Crippen LogP contribution in [0.15, 0.2) is 36.7 Å². The molecule has 82 valence electrons. The molecule has 0 fully saturated rings. The predicted octanol–water partition coefficient (Wildman–Crippen LogP) is 0.922. The largest absolute Gasteiger partial charge is 0.399 e. The maximum absolute atomic E-state index is 11.6. The Morgan fingerprint density at radius 3 is 2.75 bits per heavy atom. The molecule has 0 bridgehead atoms. The number of nitrogens with two attached hydrogens (primary N) is 1. The van der Waals surface area contributed by atoms with Gasteiger partial charge in [-0.05, 0) is 17.7 Å². The van der Waals surface area contributed by atoms with E-state index in [9.17, 15) is 4.79 Å². The standard InChI is InChI=1S/C11H12N4O/c12-10-3-1-8(2-4-10)5-13-11(16)9-6-14-15-7-9/h1-4,6-7H,5,12H2,(H,13,16)(H,14,15). The highest BCUT2D eigenvalue weighted by molar-refractivity contribution is 5.93. The SMILES string of the molecule is Nc1ccc(CNC(=O)c2cn[nH]c2)cc1. The first-order valence-corrected chi connectivity index (χ1v) is 4.87. The molecule has 1 amide bonds. The van der Waals surface area contributed by atoms with E-state index in [2.05, 4.69) is 15.5 Å². The van der Waals surface area contributed by atoms with Gasteiger partial charge in [0.15, 0.2) is 0 Å². The molecular weight excluding hydrogens is 204 g/mol.